The summed E-state index contributed by atoms with van der Waals surface area (Å²) in [5.41, 5.74) is 16.7. The lowest BCUT2D eigenvalue weighted by molar-refractivity contribution is -0.143. The van der Waals surface area contributed by atoms with Gasteiger partial charge in [0.15, 0.2) is 0 Å². The fourth-order valence-electron chi connectivity index (χ4n) is 18.0. The van der Waals surface area contributed by atoms with Crippen molar-refractivity contribution in [1.82, 2.24) is 68.7 Å². The number of nitrogens with two attached hydrogens (primary N) is 2. The molecular formula is C81H115F2N15O13S2. The highest BCUT2D eigenvalue weighted by atomic mass is 32.2. The van der Waals surface area contributed by atoms with E-state index in [1.807, 2.05) is 78.9 Å². The molecule has 11 rings (SSSR count). The highest BCUT2D eigenvalue weighted by molar-refractivity contribution is 7.98. The number of rotatable bonds is 18. The predicted octanol–water partition coefficient (Wildman–Crippen LogP) is 2.37. The van der Waals surface area contributed by atoms with Crippen LogP contribution in [0.3, 0.4) is 0 Å². The van der Waals surface area contributed by atoms with E-state index >= 15 is 37.5 Å². The zero-order valence-corrected chi connectivity index (χ0v) is 65.9. The average molecular weight is 1610 g/mol. The summed E-state index contributed by atoms with van der Waals surface area (Å²) < 4.78 is 30.7. The van der Waals surface area contributed by atoms with Crippen molar-refractivity contribution in [1.29, 1.82) is 0 Å². The van der Waals surface area contributed by atoms with Crippen LogP contribution in [0.4, 0.5) is 8.78 Å². The third kappa shape index (κ3) is 25.1. The summed E-state index contributed by atoms with van der Waals surface area (Å²) in [4.78, 5) is 162. The molecule has 32 heteroatoms. The van der Waals surface area contributed by atoms with Gasteiger partial charge in [0, 0.05) is 67.3 Å². The van der Waals surface area contributed by atoms with Crippen molar-refractivity contribution in [3.05, 3.63) is 95.6 Å². The van der Waals surface area contributed by atoms with Gasteiger partial charge in [0.25, 0.3) is 0 Å². The molecule has 0 spiro atoms. The minimum atomic E-state index is -1.93. The summed E-state index contributed by atoms with van der Waals surface area (Å²) in [6.45, 7) is 1.04. The van der Waals surface area contributed by atoms with Crippen LogP contribution in [0.15, 0.2) is 78.9 Å². The van der Waals surface area contributed by atoms with Gasteiger partial charge in [-0.15, -0.1) is 0 Å². The number of alkyl halides is 2. The summed E-state index contributed by atoms with van der Waals surface area (Å²) in [7, 11) is 0. The van der Waals surface area contributed by atoms with Gasteiger partial charge in [-0.1, -0.05) is 78.9 Å². The number of unbranched alkanes of at least 4 members (excludes halogenated alkanes) is 1. The smallest absolute Gasteiger partial charge is 0.305 e. The van der Waals surface area contributed by atoms with Gasteiger partial charge in [0.1, 0.15) is 60.7 Å². The molecule has 3 aliphatic carbocycles. The van der Waals surface area contributed by atoms with Crippen molar-refractivity contribution in [2.75, 3.05) is 57.4 Å². The van der Waals surface area contributed by atoms with E-state index in [1.165, 1.54) is 28.4 Å². The number of hydrogen-bond donors (Lipinski definition) is 16. The van der Waals surface area contributed by atoms with Gasteiger partial charge in [-0.25, -0.2) is 8.78 Å². The van der Waals surface area contributed by atoms with E-state index in [0.717, 1.165) is 27.8 Å². The summed E-state index contributed by atoms with van der Waals surface area (Å²) in [6.07, 6.45) is 1.57. The topological polar surface area (TPSA) is 428 Å². The molecule has 0 aromatic heterocycles. The molecule has 10 amide bonds. The first-order valence-corrected chi connectivity index (χ1v) is 42.9. The predicted molar refractivity (Wildman–Crippen MR) is 425 cm³/mol. The minimum absolute atomic E-state index is 0.0390. The van der Waals surface area contributed by atoms with Crippen LogP contribution in [0.5, 0.6) is 0 Å². The number of carbonyl (C=O) groups excluding carboxylic acids is 10. The first-order chi connectivity index (χ1) is 54.5. The number of benzene rings is 3. The van der Waals surface area contributed by atoms with Crippen LogP contribution in [0, 0.1) is 35.5 Å². The molecule has 7 fully saturated rings. The SMILES string of the molecule is NCCCC[C@@H]1NC(=O)CCSCc2cccc(c2)CSCC(C(N)=O)NC(=O)[C@@H]2C[C@@H](Cc3ccc(-c4ccccc4)cc3)CN2C(=O)[C@H](CC2CCC(O)CC2)NC(=O)[C@H](CC2CNCN2)NC(=O)[C@H](CC(=O)O)NC(=O)[C@H](CC2CNC3CCC(F)CC23)NC(=O)[C@H](CC2CNC3CCC(F)CC23)NC(=O)CNC1=O. The maximum absolute atomic E-state index is 15.9. The second kappa shape index (κ2) is 42.1. The minimum Gasteiger partial charge on any atom is -0.481 e. The van der Waals surface area contributed by atoms with Crippen LogP contribution in [-0.4, -0.2) is 223 Å². The standard InChI is InChI=1S/C81H115F2N15O13S2/c82-55-18-22-61-59(33-55)53(37-87-61)31-64-76(106)93-65(32-54-38-88-62-23-19-56(83)34-60(54)62)77(107)95-67(36-73(102)103)79(109)94-66(35-57-39-86-45-90-57)78(108)96-68(29-47-14-20-58(99)21-15-47)81(111)98-41-50(27-46-12-16-52(17-13-46)51-9-2-1-3-10-51)30-70(98)80(110)97-69(74(85)104)44-113-43-49-8-6-7-48(28-49)42-112-26-24-71(100)91-63(11-4-5-25-84)75(105)89-40-72(101)92-64/h1-3,6-10,12-13,16-17,28,47,50,53-70,86-88,90,99H,4-5,11,14-15,18-27,29-45,84H2,(H2,85,104)(H,89,105)(H,91,100)(H,92,101)(H,93,106)(H,94,109)(H,95,107)(H,96,108)(H,97,110)(H,102,103)/t47?,50-,53?,54?,55?,56?,57?,58?,59?,60?,61?,62?,63+,64+,65+,66+,67+,68+,69?,70+/m1/s1. The van der Waals surface area contributed by atoms with E-state index in [4.69, 9.17) is 11.5 Å². The molecule has 8 aliphatic rings. The first kappa shape index (κ1) is 86.0. The van der Waals surface area contributed by atoms with Crippen molar-refractivity contribution in [3.8, 4) is 11.1 Å². The van der Waals surface area contributed by atoms with Gasteiger partial charge < -0.3 is 90.4 Å². The fourth-order valence-corrected chi connectivity index (χ4v) is 19.9. The van der Waals surface area contributed by atoms with Crippen molar-refractivity contribution < 1.29 is 71.7 Å². The number of carboxylic acids is 1. The lowest BCUT2D eigenvalue weighted by Crippen LogP contribution is -2.61. The normalized spacial score (nSPS) is 32.8. The van der Waals surface area contributed by atoms with Crippen LogP contribution in [-0.2, 0) is 70.7 Å². The number of nitrogens with one attached hydrogen (secondary N) is 12. The number of aliphatic hydroxyl groups is 1. The maximum Gasteiger partial charge on any atom is 0.305 e. The maximum atomic E-state index is 15.9. The number of carbonyl (C=O) groups is 11. The van der Waals surface area contributed by atoms with E-state index in [-0.39, 0.29) is 112 Å². The van der Waals surface area contributed by atoms with Crippen LogP contribution >= 0.6 is 23.5 Å². The second-order valence-electron chi connectivity index (χ2n) is 32.4. The van der Waals surface area contributed by atoms with Gasteiger partial charge in [0.2, 0.25) is 59.1 Å². The highest BCUT2D eigenvalue weighted by Gasteiger charge is 2.48. The largest absolute Gasteiger partial charge is 0.481 e. The lowest BCUT2D eigenvalue weighted by Gasteiger charge is -2.34. The van der Waals surface area contributed by atoms with Gasteiger partial charge in [-0.05, 0) is 205 Å². The number of nitrogens with zero attached hydrogens (tertiary/aromatic N) is 1. The Labute approximate surface area is 667 Å². The molecule has 3 aromatic carbocycles. The van der Waals surface area contributed by atoms with E-state index in [1.54, 1.807) is 0 Å². The van der Waals surface area contributed by atoms with E-state index in [2.05, 4.69) is 63.8 Å². The third-order valence-electron chi connectivity index (χ3n) is 24.1. The Morgan fingerprint density at radius 1 is 0.558 bits per heavy atom. The molecule has 3 saturated carbocycles. The number of halogens is 2. The Balaban J connectivity index is 0.913. The molecule has 618 valence electrons. The summed E-state index contributed by atoms with van der Waals surface area (Å²) in [5.74, 6) is -9.83. The van der Waals surface area contributed by atoms with Crippen molar-refractivity contribution >= 4 is 88.6 Å². The van der Waals surface area contributed by atoms with E-state index in [9.17, 15) is 34.2 Å². The lowest BCUT2D eigenvalue weighted by atomic mass is 9.76. The van der Waals surface area contributed by atoms with Crippen molar-refractivity contribution in [2.24, 2.45) is 47.0 Å². The Morgan fingerprint density at radius 3 is 1.77 bits per heavy atom. The Bertz CT molecular complexity index is 3750. The molecule has 3 aromatic rings. The highest BCUT2D eigenvalue weighted by Crippen LogP contribution is 2.41. The van der Waals surface area contributed by atoms with Gasteiger partial charge >= 0.3 is 5.97 Å². The quantitative estimate of drug-likeness (QED) is 0.0813. The zero-order chi connectivity index (χ0) is 80.1. The van der Waals surface area contributed by atoms with E-state index < -0.39 is 157 Å². The summed E-state index contributed by atoms with van der Waals surface area (Å²) in [6, 6.07) is 13.8. The Hall–Kier alpha value is -7.85. The fraction of sp³-hybridized carbons (Fsp3) is 0.642. The van der Waals surface area contributed by atoms with Gasteiger partial charge in [-0.3, -0.25) is 52.7 Å². The Morgan fingerprint density at radius 2 is 1.15 bits per heavy atom. The average Bonchev–Trinajstić information content (AvgIpc) is 1.68. The molecular weight excluding hydrogens is 1490 g/mol. The first-order valence-electron chi connectivity index (χ1n) is 40.6. The van der Waals surface area contributed by atoms with Crippen LogP contribution < -0.4 is 75.3 Å². The molecule has 4 saturated heterocycles. The number of aliphatic hydroxyl groups excluding tert-OH is 1. The molecule has 2 bridgehead atoms. The molecule has 18 atom stereocenters. The van der Waals surface area contributed by atoms with Crippen LogP contribution in [0.25, 0.3) is 11.1 Å². The number of thioether (sulfide) groups is 2. The molecule has 18 N–H and O–H groups in total. The number of fused-ring (bicyclic) bond motifs is 5. The Kier molecular flexibility index (Phi) is 32.1. The molecule has 5 aliphatic heterocycles. The number of primary amides is 1. The second-order valence-corrected chi connectivity index (χ2v) is 34.5. The van der Waals surface area contributed by atoms with Crippen LogP contribution in [0.1, 0.15) is 145 Å². The molecule has 10 unspecified atom stereocenters. The van der Waals surface area contributed by atoms with E-state index in [0.29, 0.717) is 121 Å². The molecule has 5 heterocycles. The van der Waals surface area contributed by atoms with Gasteiger partial charge in [-0.2, -0.15) is 23.5 Å². The molecule has 0 radical (unpaired) electrons. The summed E-state index contributed by atoms with van der Waals surface area (Å²) in [5, 5.41) is 56.9. The summed E-state index contributed by atoms with van der Waals surface area (Å²) >= 11 is 2.86. The zero-order valence-electron chi connectivity index (χ0n) is 64.2. The number of aliphatic carboxylic acids is 1. The number of amides is 10. The monoisotopic (exact) mass is 1610 g/mol. The van der Waals surface area contributed by atoms with Crippen LogP contribution in [0.2, 0.25) is 0 Å². The third-order valence-corrected chi connectivity index (χ3v) is 26.3. The molecule has 113 heavy (non-hydrogen) atoms. The number of hydrogen-bond acceptors (Lipinski definition) is 19. The van der Waals surface area contributed by atoms with Crippen molar-refractivity contribution in [3.63, 3.8) is 0 Å². The number of carboxylic acid groups (broad SMARTS) is 1. The van der Waals surface area contributed by atoms with Crippen molar-refractivity contribution in [2.45, 2.75) is 231 Å². The molecule has 28 nitrogen and oxygen atoms in total. The van der Waals surface area contributed by atoms with Gasteiger partial charge in [0.05, 0.1) is 19.1 Å².